The summed E-state index contributed by atoms with van der Waals surface area (Å²) in [6, 6.07) is 12.3. The van der Waals surface area contributed by atoms with E-state index in [0.29, 0.717) is 0 Å². The number of anilines is 1. The molecule has 0 fully saturated rings. The molecule has 2 N–H and O–H groups in total. The van der Waals surface area contributed by atoms with Gasteiger partial charge in [0.25, 0.3) is 0 Å². The molecule has 0 saturated heterocycles. The molecular weight excluding hydrogens is 346 g/mol. The van der Waals surface area contributed by atoms with Crippen LogP contribution in [0.2, 0.25) is 0 Å². The van der Waals surface area contributed by atoms with Crippen LogP contribution in [0.15, 0.2) is 53.0 Å². The number of halogens is 1. The highest BCUT2D eigenvalue weighted by molar-refractivity contribution is 9.10. The topological polar surface area (TPSA) is 66.4 Å². The van der Waals surface area contributed by atoms with E-state index in [1.165, 1.54) is 12.1 Å². The molecule has 0 radical (unpaired) electrons. The molecule has 22 heavy (non-hydrogen) atoms. The van der Waals surface area contributed by atoms with Crippen LogP contribution in [0.3, 0.4) is 0 Å². The van der Waals surface area contributed by atoms with Gasteiger partial charge in [0.05, 0.1) is 11.3 Å². The summed E-state index contributed by atoms with van der Waals surface area (Å²) in [6.45, 7) is 1.80. The van der Waals surface area contributed by atoms with Crippen LogP contribution in [-0.4, -0.2) is 17.0 Å². The Hall–Kier alpha value is -2.40. The van der Waals surface area contributed by atoms with Gasteiger partial charge in [-0.15, -0.1) is 0 Å². The maximum Gasteiger partial charge on any atom is 0.337 e. The second kappa shape index (κ2) is 7.04. The monoisotopic (exact) mass is 359 g/mol. The molecule has 5 heteroatoms. The number of benzene rings is 2. The highest BCUT2D eigenvalue weighted by Crippen LogP contribution is 2.18. The summed E-state index contributed by atoms with van der Waals surface area (Å²) in [5.74, 6) is -1.45. The molecular formula is C17H14BrNO3. The molecule has 0 bridgehead atoms. The fourth-order valence-electron chi connectivity index (χ4n) is 1.86. The van der Waals surface area contributed by atoms with Crippen LogP contribution >= 0.6 is 15.9 Å². The fraction of sp³-hybridized carbons (Fsp3) is 0.0588. The van der Waals surface area contributed by atoms with Gasteiger partial charge >= 0.3 is 5.97 Å². The summed E-state index contributed by atoms with van der Waals surface area (Å²) in [6.07, 6.45) is 3.03. The summed E-state index contributed by atoms with van der Waals surface area (Å²) < 4.78 is 0.958. The zero-order valence-electron chi connectivity index (χ0n) is 11.8. The Morgan fingerprint density at radius 2 is 1.82 bits per heavy atom. The van der Waals surface area contributed by atoms with E-state index in [0.717, 1.165) is 15.6 Å². The van der Waals surface area contributed by atoms with Gasteiger partial charge in [-0.1, -0.05) is 39.7 Å². The number of carbonyl (C=O) groups excluding carboxylic acids is 1. The lowest BCUT2D eigenvalue weighted by Gasteiger charge is -2.07. The van der Waals surface area contributed by atoms with E-state index >= 15 is 0 Å². The molecule has 0 heterocycles. The summed E-state index contributed by atoms with van der Waals surface area (Å²) >= 11 is 3.34. The predicted octanol–water partition coefficient (Wildman–Crippen LogP) is 4.11. The number of hydrogen-bond acceptors (Lipinski definition) is 2. The third-order valence-electron chi connectivity index (χ3n) is 2.96. The number of aromatic carboxylic acids is 1. The molecule has 0 spiro atoms. The van der Waals surface area contributed by atoms with E-state index in [1.807, 2.05) is 24.3 Å². The van der Waals surface area contributed by atoms with E-state index in [4.69, 9.17) is 5.11 Å². The molecule has 112 valence electrons. The average molecular weight is 360 g/mol. The van der Waals surface area contributed by atoms with E-state index in [9.17, 15) is 9.59 Å². The SMILES string of the molecule is Cc1ccc(NC(=O)/C=C/c2ccc(Br)cc2)c(C(=O)O)c1. The van der Waals surface area contributed by atoms with Gasteiger partial charge < -0.3 is 10.4 Å². The molecule has 1 amide bonds. The zero-order chi connectivity index (χ0) is 16.1. The van der Waals surface area contributed by atoms with Crippen molar-refractivity contribution in [2.45, 2.75) is 6.92 Å². The average Bonchev–Trinajstić information content (AvgIpc) is 2.48. The Kier molecular flexibility index (Phi) is 5.12. The van der Waals surface area contributed by atoms with E-state index in [-0.39, 0.29) is 17.2 Å². The first kappa shape index (κ1) is 16.0. The number of nitrogens with one attached hydrogen (secondary N) is 1. The van der Waals surface area contributed by atoms with Crippen molar-refractivity contribution in [3.8, 4) is 0 Å². The van der Waals surface area contributed by atoms with Gasteiger partial charge in [0.1, 0.15) is 0 Å². The fourth-order valence-corrected chi connectivity index (χ4v) is 2.13. The highest BCUT2D eigenvalue weighted by Gasteiger charge is 2.11. The largest absolute Gasteiger partial charge is 0.478 e. The van der Waals surface area contributed by atoms with E-state index in [1.54, 1.807) is 25.1 Å². The number of amides is 1. The first-order chi connectivity index (χ1) is 10.5. The minimum Gasteiger partial charge on any atom is -0.478 e. The number of hydrogen-bond donors (Lipinski definition) is 2. The van der Waals surface area contributed by atoms with Crippen molar-refractivity contribution in [1.29, 1.82) is 0 Å². The van der Waals surface area contributed by atoms with Crippen LogP contribution in [-0.2, 0) is 4.79 Å². The van der Waals surface area contributed by atoms with Gasteiger partial charge in [0, 0.05) is 10.5 Å². The number of carbonyl (C=O) groups is 2. The van der Waals surface area contributed by atoms with Gasteiger partial charge in [-0.2, -0.15) is 0 Å². The number of carboxylic acid groups (broad SMARTS) is 1. The van der Waals surface area contributed by atoms with Crippen LogP contribution in [0.25, 0.3) is 6.08 Å². The van der Waals surface area contributed by atoms with Crippen molar-refractivity contribution in [1.82, 2.24) is 0 Å². The molecule has 0 aromatic heterocycles. The molecule has 4 nitrogen and oxygen atoms in total. The Balaban J connectivity index is 2.12. The summed E-state index contributed by atoms with van der Waals surface area (Å²) in [5, 5.41) is 11.7. The Bertz CT molecular complexity index is 736. The van der Waals surface area contributed by atoms with Gasteiger partial charge in [-0.3, -0.25) is 4.79 Å². The minimum atomic E-state index is -1.07. The molecule has 2 aromatic rings. The lowest BCUT2D eigenvalue weighted by atomic mass is 10.1. The van der Waals surface area contributed by atoms with Crippen molar-refractivity contribution in [2.24, 2.45) is 0 Å². The van der Waals surface area contributed by atoms with Gasteiger partial charge in [-0.05, 0) is 42.8 Å². The summed E-state index contributed by atoms with van der Waals surface area (Å²) in [5.41, 5.74) is 2.05. The predicted molar refractivity (Wildman–Crippen MR) is 89.9 cm³/mol. The van der Waals surface area contributed by atoms with Crippen molar-refractivity contribution >= 4 is 39.6 Å². The van der Waals surface area contributed by atoms with E-state index < -0.39 is 5.97 Å². The van der Waals surface area contributed by atoms with Crippen LogP contribution in [0.5, 0.6) is 0 Å². The third kappa shape index (κ3) is 4.30. The molecule has 0 aliphatic rings. The van der Waals surface area contributed by atoms with Gasteiger partial charge in [-0.25, -0.2) is 4.79 Å². The normalized spacial score (nSPS) is 10.6. The second-order valence-electron chi connectivity index (χ2n) is 4.73. The van der Waals surface area contributed by atoms with Crippen LogP contribution in [0.4, 0.5) is 5.69 Å². The first-order valence-corrected chi connectivity index (χ1v) is 7.33. The molecule has 0 atom stereocenters. The molecule has 0 aliphatic heterocycles. The summed E-state index contributed by atoms with van der Waals surface area (Å²) in [7, 11) is 0. The lowest BCUT2D eigenvalue weighted by Crippen LogP contribution is -2.12. The number of carboxylic acids is 1. The summed E-state index contributed by atoms with van der Waals surface area (Å²) in [4.78, 5) is 23.1. The molecule has 0 saturated carbocycles. The Labute approximate surface area is 136 Å². The first-order valence-electron chi connectivity index (χ1n) is 6.54. The number of rotatable bonds is 4. The van der Waals surface area contributed by atoms with Gasteiger partial charge in [0.15, 0.2) is 0 Å². The quantitative estimate of drug-likeness (QED) is 0.807. The third-order valence-corrected chi connectivity index (χ3v) is 3.49. The van der Waals surface area contributed by atoms with Crippen LogP contribution < -0.4 is 5.32 Å². The van der Waals surface area contributed by atoms with E-state index in [2.05, 4.69) is 21.2 Å². The Morgan fingerprint density at radius 1 is 1.14 bits per heavy atom. The minimum absolute atomic E-state index is 0.0744. The highest BCUT2D eigenvalue weighted by atomic mass is 79.9. The van der Waals surface area contributed by atoms with Crippen LogP contribution in [0, 0.1) is 6.92 Å². The van der Waals surface area contributed by atoms with Crippen LogP contribution in [0.1, 0.15) is 21.5 Å². The number of aryl methyl sites for hydroxylation is 1. The zero-order valence-corrected chi connectivity index (χ0v) is 13.4. The smallest absolute Gasteiger partial charge is 0.337 e. The lowest BCUT2D eigenvalue weighted by molar-refractivity contribution is -0.111. The maximum atomic E-state index is 11.9. The maximum absolute atomic E-state index is 11.9. The molecule has 0 unspecified atom stereocenters. The Morgan fingerprint density at radius 3 is 2.45 bits per heavy atom. The molecule has 2 aromatic carbocycles. The van der Waals surface area contributed by atoms with Crippen molar-refractivity contribution in [3.05, 3.63) is 69.7 Å². The van der Waals surface area contributed by atoms with Gasteiger partial charge in [0.2, 0.25) is 5.91 Å². The van der Waals surface area contributed by atoms with Crippen molar-refractivity contribution in [2.75, 3.05) is 5.32 Å². The molecule has 0 aliphatic carbocycles. The van der Waals surface area contributed by atoms with Crippen molar-refractivity contribution < 1.29 is 14.7 Å². The van der Waals surface area contributed by atoms with Crippen molar-refractivity contribution in [3.63, 3.8) is 0 Å². The standard InChI is InChI=1S/C17H14BrNO3/c1-11-2-8-15(14(10-11)17(21)22)19-16(20)9-5-12-3-6-13(18)7-4-12/h2-10H,1H3,(H,19,20)(H,21,22)/b9-5+. The second-order valence-corrected chi connectivity index (χ2v) is 5.64. The molecule has 2 rings (SSSR count).